The molecule has 1 amide bonds. The minimum Gasteiger partial charge on any atom is -0.486 e. The van der Waals surface area contributed by atoms with Crippen LogP contribution in [0.25, 0.3) is 32.4 Å². The van der Waals surface area contributed by atoms with Crippen LogP contribution in [0, 0.1) is 0 Å². The molecule has 0 unspecified atom stereocenters. The standard InChI is InChI=1S/C29H26N4O3S/c1-32(2)12-13-33(29-31-24-17-25-26(18-27(24)37-29)36-15-14-35-25)28(34)21-16-23(19-8-4-3-5-9-19)30-22-11-7-6-10-20(21)22/h3-11,16-18H,12-15H2,1-2H3. The quantitative estimate of drug-likeness (QED) is 0.301. The highest BCUT2D eigenvalue weighted by molar-refractivity contribution is 7.22. The zero-order chi connectivity index (χ0) is 25.4. The van der Waals surface area contributed by atoms with Gasteiger partial charge in [-0.05, 0) is 26.2 Å². The molecule has 37 heavy (non-hydrogen) atoms. The molecule has 0 saturated carbocycles. The SMILES string of the molecule is CN(C)CCN(C(=O)c1cc(-c2ccccc2)nc2ccccc12)c1nc2cc3c(cc2s1)OCCO3. The molecule has 0 bridgehead atoms. The van der Waals surface area contributed by atoms with Gasteiger partial charge in [-0.3, -0.25) is 9.69 Å². The van der Waals surface area contributed by atoms with E-state index in [1.165, 1.54) is 11.3 Å². The number of nitrogens with zero attached hydrogens (tertiary/aromatic N) is 4. The minimum atomic E-state index is -0.103. The number of rotatable bonds is 6. The van der Waals surface area contributed by atoms with E-state index in [1.807, 2.05) is 86.9 Å². The highest BCUT2D eigenvalue weighted by Gasteiger charge is 2.25. The van der Waals surface area contributed by atoms with Crippen molar-refractivity contribution in [3.8, 4) is 22.8 Å². The fourth-order valence-electron chi connectivity index (χ4n) is 4.41. The summed E-state index contributed by atoms with van der Waals surface area (Å²) in [5, 5.41) is 1.46. The first-order valence-electron chi connectivity index (χ1n) is 12.2. The lowest BCUT2D eigenvalue weighted by Crippen LogP contribution is -2.37. The number of amides is 1. The van der Waals surface area contributed by atoms with Crippen LogP contribution in [0.2, 0.25) is 0 Å². The molecule has 2 aromatic heterocycles. The maximum atomic E-state index is 14.3. The predicted molar refractivity (Wildman–Crippen MR) is 148 cm³/mol. The van der Waals surface area contributed by atoms with E-state index in [0.717, 1.165) is 32.4 Å². The number of para-hydroxylation sites is 1. The second-order valence-electron chi connectivity index (χ2n) is 9.16. The number of hydrogen-bond donors (Lipinski definition) is 0. The number of likely N-dealkylation sites (N-methyl/N-ethyl adjacent to an activating group) is 1. The van der Waals surface area contributed by atoms with Gasteiger partial charge in [0.05, 0.1) is 27.0 Å². The monoisotopic (exact) mass is 510 g/mol. The van der Waals surface area contributed by atoms with Crippen LogP contribution in [0.1, 0.15) is 10.4 Å². The molecule has 1 aliphatic heterocycles. The molecule has 8 heteroatoms. The van der Waals surface area contributed by atoms with Crippen LogP contribution >= 0.6 is 11.3 Å². The minimum absolute atomic E-state index is 0.103. The molecule has 3 aromatic carbocycles. The van der Waals surface area contributed by atoms with Crippen molar-refractivity contribution < 1.29 is 14.3 Å². The van der Waals surface area contributed by atoms with Gasteiger partial charge in [-0.2, -0.15) is 0 Å². The third kappa shape index (κ3) is 4.61. The molecule has 186 valence electrons. The maximum Gasteiger partial charge on any atom is 0.260 e. The average molecular weight is 511 g/mol. The molecule has 0 atom stereocenters. The van der Waals surface area contributed by atoms with Crippen LogP contribution in [0.5, 0.6) is 11.5 Å². The second-order valence-corrected chi connectivity index (χ2v) is 10.2. The zero-order valence-electron chi connectivity index (χ0n) is 20.7. The number of fused-ring (bicyclic) bond motifs is 3. The third-order valence-electron chi connectivity index (χ3n) is 6.30. The van der Waals surface area contributed by atoms with Gasteiger partial charge in [0.25, 0.3) is 5.91 Å². The molecular weight excluding hydrogens is 484 g/mol. The maximum absolute atomic E-state index is 14.3. The summed E-state index contributed by atoms with van der Waals surface area (Å²) < 4.78 is 12.5. The van der Waals surface area contributed by atoms with Crippen LogP contribution in [-0.2, 0) is 0 Å². The van der Waals surface area contributed by atoms with E-state index < -0.39 is 0 Å². The molecular formula is C29H26N4O3S. The lowest BCUT2D eigenvalue weighted by Gasteiger charge is -2.23. The van der Waals surface area contributed by atoms with Gasteiger partial charge >= 0.3 is 0 Å². The molecule has 0 fully saturated rings. The van der Waals surface area contributed by atoms with Crippen molar-refractivity contribution in [1.29, 1.82) is 0 Å². The Morgan fingerprint density at radius 1 is 0.865 bits per heavy atom. The number of carbonyl (C=O) groups is 1. The molecule has 0 saturated heterocycles. The molecule has 7 nitrogen and oxygen atoms in total. The van der Waals surface area contributed by atoms with Gasteiger partial charge in [0.15, 0.2) is 16.6 Å². The Labute approximate surface area is 218 Å². The molecule has 0 radical (unpaired) electrons. The first-order valence-corrected chi connectivity index (χ1v) is 13.0. The number of hydrogen-bond acceptors (Lipinski definition) is 7. The molecule has 0 N–H and O–H groups in total. The van der Waals surface area contributed by atoms with Gasteiger partial charge in [0.1, 0.15) is 13.2 Å². The first-order chi connectivity index (χ1) is 18.1. The van der Waals surface area contributed by atoms with Gasteiger partial charge in [-0.15, -0.1) is 0 Å². The number of pyridine rings is 1. The Bertz CT molecular complexity index is 1560. The van der Waals surface area contributed by atoms with Crippen molar-refractivity contribution >= 4 is 43.5 Å². The van der Waals surface area contributed by atoms with Crippen molar-refractivity contribution in [3.05, 3.63) is 78.4 Å². The van der Waals surface area contributed by atoms with Crippen LogP contribution in [-0.4, -0.2) is 61.2 Å². The van der Waals surface area contributed by atoms with Gasteiger partial charge in [0.2, 0.25) is 0 Å². The molecule has 1 aliphatic rings. The van der Waals surface area contributed by atoms with E-state index in [9.17, 15) is 4.79 Å². The average Bonchev–Trinajstić information content (AvgIpc) is 3.33. The summed E-state index contributed by atoms with van der Waals surface area (Å²) in [6.45, 7) is 2.23. The fraction of sp³-hybridized carbons (Fsp3) is 0.207. The zero-order valence-corrected chi connectivity index (χ0v) is 21.5. The molecule has 6 rings (SSSR count). The van der Waals surface area contributed by atoms with E-state index in [-0.39, 0.29) is 5.91 Å². The lowest BCUT2D eigenvalue weighted by molar-refractivity contribution is 0.0986. The van der Waals surface area contributed by atoms with Crippen LogP contribution in [0.15, 0.2) is 72.8 Å². The summed E-state index contributed by atoms with van der Waals surface area (Å²) in [6.07, 6.45) is 0. The van der Waals surface area contributed by atoms with Crippen LogP contribution < -0.4 is 14.4 Å². The number of benzene rings is 3. The van der Waals surface area contributed by atoms with Gasteiger partial charge in [-0.25, -0.2) is 9.97 Å². The van der Waals surface area contributed by atoms with E-state index in [2.05, 4.69) is 4.90 Å². The van der Waals surface area contributed by atoms with Crippen LogP contribution in [0.4, 0.5) is 5.13 Å². The third-order valence-corrected chi connectivity index (χ3v) is 7.35. The number of anilines is 1. The van der Waals surface area contributed by atoms with Crippen molar-refractivity contribution in [2.75, 3.05) is 45.3 Å². The Morgan fingerprint density at radius 3 is 2.38 bits per heavy atom. The Morgan fingerprint density at radius 2 is 1.59 bits per heavy atom. The number of thiazole rings is 1. The summed E-state index contributed by atoms with van der Waals surface area (Å²) in [4.78, 5) is 27.8. The van der Waals surface area contributed by atoms with Gasteiger partial charge < -0.3 is 14.4 Å². The number of ether oxygens (including phenoxy) is 2. The van der Waals surface area contributed by atoms with E-state index in [1.54, 1.807) is 4.90 Å². The van der Waals surface area contributed by atoms with E-state index in [4.69, 9.17) is 19.4 Å². The van der Waals surface area contributed by atoms with Gasteiger partial charge in [0, 0.05) is 36.2 Å². The Kier molecular flexibility index (Phi) is 6.20. The van der Waals surface area contributed by atoms with Gasteiger partial charge in [-0.1, -0.05) is 59.9 Å². The highest BCUT2D eigenvalue weighted by atomic mass is 32.1. The van der Waals surface area contributed by atoms with Crippen LogP contribution in [0.3, 0.4) is 0 Å². The van der Waals surface area contributed by atoms with Crippen molar-refractivity contribution in [2.45, 2.75) is 0 Å². The second kappa shape index (κ2) is 9.80. The van der Waals surface area contributed by atoms with E-state index >= 15 is 0 Å². The Balaban J connectivity index is 1.47. The normalized spacial score (nSPS) is 12.8. The summed E-state index contributed by atoms with van der Waals surface area (Å²) >= 11 is 1.48. The van der Waals surface area contributed by atoms with E-state index in [0.29, 0.717) is 48.5 Å². The topological polar surface area (TPSA) is 67.8 Å². The van der Waals surface area contributed by atoms with Crippen molar-refractivity contribution in [2.24, 2.45) is 0 Å². The number of carbonyl (C=O) groups excluding carboxylic acids is 1. The molecule has 5 aromatic rings. The molecule has 3 heterocycles. The first kappa shape index (κ1) is 23.4. The lowest BCUT2D eigenvalue weighted by atomic mass is 10.0. The molecule has 0 aliphatic carbocycles. The van der Waals surface area contributed by atoms with Crippen molar-refractivity contribution in [1.82, 2.24) is 14.9 Å². The smallest absolute Gasteiger partial charge is 0.260 e. The predicted octanol–water partition coefficient (Wildman–Crippen LogP) is 5.49. The largest absolute Gasteiger partial charge is 0.486 e. The van der Waals surface area contributed by atoms with Crippen molar-refractivity contribution in [3.63, 3.8) is 0 Å². The highest BCUT2D eigenvalue weighted by Crippen LogP contribution is 2.39. The summed E-state index contributed by atoms with van der Waals surface area (Å²) in [7, 11) is 4.00. The molecule has 0 spiro atoms. The summed E-state index contributed by atoms with van der Waals surface area (Å²) in [6, 6.07) is 23.5. The Hall–Kier alpha value is -4.01. The fourth-order valence-corrected chi connectivity index (χ4v) is 5.41. The summed E-state index contributed by atoms with van der Waals surface area (Å²) in [5.74, 6) is 1.30. The summed E-state index contributed by atoms with van der Waals surface area (Å²) in [5.41, 5.74) is 3.91. The number of aromatic nitrogens is 2.